The second kappa shape index (κ2) is 10.4. The van der Waals surface area contributed by atoms with Crippen molar-refractivity contribution in [1.82, 2.24) is 0 Å². The van der Waals surface area contributed by atoms with Gasteiger partial charge >= 0.3 is 0 Å². The molecule has 0 aliphatic heterocycles. The minimum atomic E-state index is -1.15. The maximum absolute atomic E-state index is 9.67. The normalized spacial score (nSPS) is 20.6. The summed E-state index contributed by atoms with van der Waals surface area (Å²) in [6.07, 6.45) is -4.83. The van der Waals surface area contributed by atoms with Crippen molar-refractivity contribution in [3.05, 3.63) is 0 Å². The number of hydrogen-bond acceptors (Lipinski definition) is 8. The van der Waals surface area contributed by atoms with Crippen LogP contribution in [0.2, 0.25) is 0 Å². The molecule has 0 radical (unpaired) electrons. The highest BCUT2D eigenvalue weighted by atomic mass is 16.3. The van der Waals surface area contributed by atoms with E-state index in [-0.39, 0.29) is 25.7 Å². The van der Waals surface area contributed by atoms with Crippen LogP contribution < -0.4 is 0 Å². The Morgan fingerprint density at radius 2 is 0.667 bits per heavy atom. The summed E-state index contributed by atoms with van der Waals surface area (Å²) in [6, 6.07) is 0. The Kier molecular flexibility index (Phi) is 10.3. The Balaban J connectivity index is 5.23. The van der Waals surface area contributed by atoms with E-state index >= 15 is 0 Å². The predicted molar refractivity (Wildman–Crippen MR) is 73.3 cm³/mol. The number of aliphatic hydroxyl groups is 8. The van der Waals surface area contributed by atoms with Gasteiger partial charge in [-0.3, -0.25) is 0 Å². The minimum absolute atomic E-state index is 0.0608. The average Bonchev–Trinajstić information content (AvgIpc) is 2.46. The molecular weight excluding hydrogens is 284 g/mol. The predicted octanol–water partition coefficient (Wildman–Crippen LogP) is -3.05. The van der Waals surface area contributed by atoms with E-state index in [0.717, 1.165) is 0 Å². The van der Waals surface area contributed by atoms with Crippen molar-refractivity contribution in [3.8, 4) is 0 Å². The smallest absolute Gasteiger partial charge is 0.0776 e. The standard InChI is InChI=1S/C13H28O8/c14-5-9(18)1-13(2-10(19)6-15,3-11(20)7-16)4-12(21)8-17/h9-12,14-21H,1-8H2. The van der Waals surface area contributed by atoms with Gasteiger partial charge in [-0.1, -0.05) is 0 Å². The summed E-state index contributed by atoms with van der Waals surface area (Å²) in [4.78, 5) is 0. The van der Waals surface area contributed by atoms with Crippen LogP contribution in [0.5, 0.6) is 0 Å². The number of hydrogen-bond donors (Lipinski definition) is 8. The van der Waals surface area contributed by atoms with E-state index in [1.165, 1.54) is 0 Å². The lowest BCUT2D eigenvalue weighted by Gasteiger charge is -2.39. The fourth-order valence-electron chi connectivity index (χ4n) is 2.76. The molecule has 0 spiro atoms. The largest absolute Gasteiger partial charge is 0.394 e. The van der Waals surface area contributed by atoms with Gasteiger partial charge in [0.25, 0.3) is 0 Å². The molecule has 0 saturated heterocycles. The molecule has 0 aliphatic rings. The van der Waals surface area contributed by atoms with Gasteiger partial charge in [0.15, 0.2) is 0 Å². The molecule has 0 rings (SSSR count). The third kappa shape index (κ3) is 8.03. The molecule has 4 atom stereocenters. The van der Waals surface area contributed by atoms with Crippen LogP contribution in [0.15, 0.2) is 0 Å². The van der Waals surface area contributed by atoms with Crippen LogP contribution in [0, 0.1) is 5.41 Å². The molecule has 0 heterocycles. The molecule has 8 N–H and O–H groups in total. The van der Waals surface area contributed by atoms with Gasteiger partial charge in [-0.25, -0.2) is 0 Å². The van der Waals surface area contributed by atoms with Crippen LogP contribution >= 0.6 is 0 Å². The van der Waals surface area contributed by atoms with Gasteiger partial charge < -0.3 is 40.9 Å². The Morgan fingerprint density at radius 1 is 0.476 bits per heavy atom. The van der Waals surface area contributed by atoms with Crippen LogP contribution in [0.3, 0.4) is 0 Å². The number of aliphatic hydroxyl groups excluding tert-OH is 8. The zero-order valence-electron chi connectivity index (χ0n) is 12.0. The Labute approximate surface area is 123 Å². The highest BCUT2D eigenvalue weighted by Gasteiger charge is 2.38. The third-order valence-electron chi connectivity index (χ3n) is 3.52. The molecule has 0 bridgehead atoms. The van der Waals surface area contributed by atoms with Gasteiger partial charge in [-0.2, -0.15) is 0 Å². The summed E-state index contributed by atoms with van der Waals surface area (Å²) in [5, 5.41) is 74.6. The van der Waals surface area contributed by atoms with Crippen molar-refractivity contribution in [3.63, 3.8) is 0 Å². The lowest BCUT2D eigenvalue weighted by molar-refractivity contribution is -0.0542. The summed E-state index contributed by atoms with van der Waals surface area (Å²) >= 11 is 0. The topological polar surface area (TPSA) is 162 Å². The molecular formula is C13H28O8. The molecule has 128 valence electrons. The number of rotatable bonds is 12. The highest BCUT2D eigenvalue weighted by Crippen LogP contribution is 2.40. The monoisotopic (exact) mass is 312 g/mol. The second-order valence-corrected chi connectivity index (χ2v) is 5.66. The summed E-state index contributed by atoms with van der Waals surface area (Å²) < 4.78 is 0. The fourth-order valence-corrected chi connectivity index (χ4v) is 2.76. The summed E-state index contributed by atoms with van der Waals surface area (Å²) in [5.41, 5.74) is -1.05. The quantitative estimate of drug-likeness (QED) is 0.188. The molecule has 0 aromatic carbocycles. The Bertz CT molecular complexity index is 209. The van der Waals surface area contributed by atoms with Crippen LogP contribution in [-0.2, 0) is 0 Å². The van der Waals surface area contributed by atoms with Crippen LogP contribution in [-0.4, -0.2) is 91.7 Å². The first-order valence-corrected chi connectivity index (χ1v) is 6.98. The first kappa shape index (κ1) is 20.7. The van der Waals surface area contributed by atoms with Crippen LogP contribution in [0.1, 0.15) is 25.7 Å². The molecule has 21 heavy (non-hydrogen) atoms. The highest BCUT2D eigenvalue weighted by molar-refractivity contribution is 4.88. The summed E-state index contributed by atoms with van der Waals surface area (Å²) in [5.74, 6) is 0. The van der Waals surface area contributed by atoms with Crippen molar-refractivity contribution < 1.29 is 40.9 Å². The maximum Gasteiger partial charge on any atom is 0.0776 e. The van der Waals surface area contributed by atoms with Crippen LogP contribution in [0.25, 0.3) is 0 Å². The third-order valence-corrected chi connectivity index (χ3v) is 3.52. The average molecular weight is 312 g/mol. The van der Waals surface area contributed by atoms with Gasteiger partial charge in [0.2, 0.25) is 0 Å². The van der Waals surface area contributed by atoms with Gasteiger partial charge in [-0.05, 0) is 31.1 Å². The minimum Gasteiger partial charge on any atom is -0.394 e. The van der Waals surface area contributed by atoms with Crippen molar-refractivity contribution in [2.24, 2.45) is 5.41 Å². The zero-order chi connectivity index (χ0) is 16.5. The lowest BCUT2D eigenvalue weighted by Crippen LogP contribution is -2.40. The van der Waals surface area contributed by atoms with E-state index in [1.54, 1.807) is 0 Å². The molecule has 0 aromatic rings. The van der Waals surface area contributed by atoms with Crippen LogP contribution in [0.4, 0.5) is 0 Å². The first-order valence-electron chi connectivity index (χ1n) is 6.98. The van der Waals surface area contributed by atoms with E-state index in [1.807, 2.05) is 0 Å². The zero-order valence-corrected chi connectivity index (χ0v) is 12.0. The fraction of sp³-hybridized carbons (Fsp3) is 1.00. The molecule has 4 unspecified atom stereocenters. The molecule has 0 amide bonds. The van der Waals surface area contributed by atoms with E-state index in [9.17, 15) is 20.4 Å². The van der Waals surface area contributed by atoms with Crippen molar-refractivity contribution in [2.75, 3.05) is 26.4 Å². The van der Waals surface area contributed by atoms with Gasteiger partial charge in [0, 0.05) is 0 Å². The summed E-state index contributed by atoms with van der Waals surface area (Å²) in [7, 11) is 0. The van der Waals surface area contributed by atoms with E-state index in [2.05, 4.69) is 0 Å². The molecule has 8 nitrogen and oxygen atoms in total. The van der Waals surface area contributed by atoms with Gasteiger partial charge in [-0.15, -0.1) is 0 Å². The SMILES string of the molecule is OCC(O)CC(CC(O)CO)(CC(O)CO)CC(O)CO. The Morgan fingerprint density at radius 3 is 0.810 bits per heavy atom. The first-order chi connectivity index (χ1) is 9.82. The van der Waals surface area contributed by atoms with E-state index in [4.69, 9.17) is 20.4 Å². The van der Waals surface area contributed by atoms with Gasteiger partial charge in [0.1, 0.15) is 0 Å². The molecule has 0 saturated carbocycles. The lowest BCUT2D eigenvalue weighted by atomic mass is 9.70. The van der Waals surface area contributed by atoms with Crippen molar-refractivity contribution in [1.29, 1.82) is 0 Å². The Hall–Kier alpha value is -0.320. The maximum atomic E-state index is 9.67. The second-order valence-electron chi connectivity index (χ2n) is 5.66. The molecule has 0 aliphatic carbocycles. The van der Waals surface area contributed by atoms with Gasteiger partial charge in [0.05, 0.1) is 50.8 Å². The molecule has 0 fully saturated rings. The molecule has 8 heteroatoms. The van der Waals surface area contributed by atoms with E-state index in [0.29, 0.717) is 0 Å². The van der Waals surface area contributed by atoms with E-state index < -0.39 is 56.3 Å². The van der Waals surface area contributed by atoms with Crippen molar-refractivity contribution in [2.45, 2.75) is 50.1 Å². The molecule has 0 aromatic heterocycles. The summed E-state index contributed by atoms with van der Waals surface area (Å²) in [6.45, 7) is -2.16. The van der Waals surface area contributed by atoms with Crippen molar-refractivity contribution >= 4 is 0 Å².